The van der Waals surface area contributed by atoms with E-state index in [1.54, 1.807) is 6.07 Å². The first kappa shape index (κ1) is 7.74. The summed E-state index contributed by atoms with van der Waals surface area (Å²) in [5, 5.41) is -0.498. The lowest BCUT2D eigenvalue weighted by atomic mass is 10.1. The van der Waals surface area contributed by atoms with E-state index in [1.165, 1.54) is 12.1 Å². The van der Waals surface area contributed by atoms with Gasteiger partial charge in [-0.25, -0.2) is 4.39 Å². The smallest absolute Gasteiger partial charge is 0.181 e. The van der Waals surface area contributed by atoms with Gasteiger partial charge in [0, 0.05) is 5.56 Å². The number of alkyl halides is 1. The minimum Gasteiger partial charge on any atom is -0.292 e. The van der Waals surface area contributed by atoms with Gasteiger partial charge in [0.2, 0.25) is 0 Å². The van der Waals surface area contributed by atoms with Crippen LogP contribution in [0.1, 0.15) is 15.9 Å². The van der Waals surface area contributed by atoms with Gasteiger partial charge in [0.05, 0.1) is 0 Å². The Kier molecular flexibility index (Phi) is 1.65. The number of carbonyl (C=O) groups excluding carboxylic acids is 1. The van der Waals surface area contributed by atoms with Gasteiger partial charge in [0.25, 0.3) is 0 Å². The first-order valence-electron chi connectivity index (χ1n) is 3.65. The Bertz CT molecular complexity index is 348. The van der Waals surface area contributed by atoms with Gasteiger partial charge in [-0.05, 0) is 24.1 Å². The zero-order valence-corrected chi connectivity index (χ0v) is 6.94. The van der Waals surface area contributed by atoms with Gasteiger partial charge in [0.15, 0.2) is 5.78 Å². The summed E-state index contributed by atoms with van der Waals surface area (Å²) in [6.45, 7) is 0. The third-order valence-corrected chi connectivity index (χ3v) is 2.37. The molecule has 1 nitrogen and oxygen atoms in total. The summed E-state index contributed by atoms with van der Waals surface area (Å²) in [4.78, 5) is 11.3. The van der Waals surface area contributed by atoms with Gasteiger partial charge in [-0.15, -0.1) is 11.6 Å². The molecule has 0 spiro atoms. The minimum atomic E-state index is -0.498. The summed E-state index contributed by atoms with van der Waals surface area (Å²) in [6.07, 6.45) is 0.524. The normalized spacial score (nSPS) is 21.2. The number of carbonyl (C=O) groups is 1. The Hall–Kier alpha value is -0.890. The lowest BCUT2D eigenvalue weighted by Gasteiger charge is -1.94. The van der Waals surface area contributed by atoms with Crippen molar-refractivity contribution in [2.75, 3.05) is 0 Å². The van der Waals surface area contributed by atoms with E-state index in [0.717, 1.165) is 5.56 Å². The van der Waals surface area contributed by atoms with E-state index in [4.69, 9.17) is 11.6 Å². The number of rotatable bonds is 0. The van der Waals surface area contributed by atoms with Gasteiger partial charge in [-0.1, -0.05) is 6.07 Å². The van der Waals surface area contributed by atoms with E-state index in [1.807, 2.05) is 0 Å². The average molecular weight is 185 g/mol. The van der Waals surface area contributed by atoms with Crippen LogP contribution in [0.3, 0.4) is 0 Å². The quantitative estimate of drug-likeness (QED) is 0.565. The van der Waals surface area contributed by atoms with Crippen molar-refractivity contribution in [2.24, 2.45) is 0 Å². The maximum absolute atomic E-state index is 12.7. The fourth-order valence-corrected chi connectivity index (χ4v) is 1.69. The summed E-state index contributed by atoms with van der Waals surface area (Å²) < 4.78 is 12.7. The molecule has 1 aromatic rings. The molecule has 1 atom stereocenters. The van der Waals surface area contributed by atoms with Crippen LogP contribution in [0, 0.1) is 5.82 Å². The third kappa shape index (κ3) is 1.03. The molecule has 1 aliphatic carbocycles. The third-order valence-electron chi connectivity index (χ3n) is 2.02. The highest BCUT2D eigenvalue weighted by Gasteiger charge is 2.28. The van der Waals surface area contributed by atoms with Crippen molar-refractivity contribution < 1.29 is 9.18 Å². The molecule has 0 bridgehead atoms. The standard InChI is InChI=1S/C9H6ClFO/c10-8-3-5-1-2-6(11)4-7(5)9(8)12/h1-2,4,8H,3H2. The molecule has 0 N–H and O–H groups in total. The Morgan fingerprint density at radius 2 is 2.25 bits per heavy atom. The van der Waals surface area contributed by atoms with Crippen LogP contribution in [0.15, 0.2) is 18.2 Å². The van der Waals surface area contributed by atoms with E-state index in [9.17, 15) is 9.18 Å². The number of halogens is 2. The fourth-order valence-electron chi connectivity index (χ4n) is 1.41. The molecule has 1 unspecified atom stereocenters. The van der Waals surface area contributed by atoms with Crippen molar-refractivity contribution in [1.29, 1.82) is 0 Å². The van der Waals surface area contributed by atoms with Gasteiger partial charge in [-0.2, -0.15) is 0 Å². The van der Waals surface area contributed by atoms with Gasteiger partial charge in [0.1, 0.15) is 11.2 Å². The molecule has 3 heteroatoms. The van der Waals surface area contributed by atoms with E-state index in [0.29, 0.717) is 12.0 Å². The maximum Gasteiger partial charge on any atom is 0.181 e. The van der Waals surface area contributed by atoms with Crippen LogP contribution in [0.25, 0.3) is 0 Å². The zero-order chi connectivity index (χ0) is 8.72. The second-order valence-electron chi connectivity index (χ2n) is 2.84. The highest BCUT2D eigenvalue weighted by molar-refractivity contribution is 6.35. The SMILES string of the molecule is O=C1c2cc(F)ccc2CC1Cl. The predicted octanol–water partition coefficient (Wildman–Crippen LogP) is 2.17. The number of Topliss-reactive ketones (excluding diaryl/α,β-unsaturated/α-hetero) is 1. The van der Waals surface area contributed by atoms with E-state index >= 15 is 0 Å². The summed E-state index contributed by atoms with van der Waals surface area (Å²) in [5.74, 6) is -0.543. The molecule has 0 aliphatic heterocycles. The van der Waals surface area contributed by atoms with Crippen molar-refractivity contribution in [1.82, 2.24) is 0 Å². The molecule has 0 fully saturated rings. The van der Waals surface area contributed by atoms with Crippen LogP contribution in [-0.4, -0.2) is 11.2 Å². The second kappa shape index (κ2) is 2.56. The average Bonchev–Trinajstić information content (AvgIpc) is 2.31. The number of benzene rings is 1. The molecule has 62 valence electrons. The van der Waals surface area contributed by atoms with Crippen LogP contribution >= 0.6 is 11.6 Å². The Morgan fingerprint density at radius 3 is 3.00 bits per heavy atom. The highest BCUT2D eigenvalue weighted by atomic mass is 35.5. The Morgan fingerprint density at radius 1 is 1.50 bits per heavy atom. The molecule has 0 amide bonds. The number of hydrogen-bond donors (Lipinski definition) is 0. The first-order chi connectivity index (χ1) is 5.68. The monoisotopic (exact) mass is 184 g/mol. The van der Waals surface area contributed by atoms with Crippen molar-refractivity contribution in [3.8, 4) is 0 Å². The van der Waals surface area contributed by atoms with Crippen LogP contribution in [0.5, 0.6) is 0 Å². The van der Waals surface area contributed by atoms with Gasteiger partial charge >= 0.3 is 0 Å². The molecule has 1 aliphatic rings. The summed E-state index contributed by atoms with van der Waals surface area (Å²) in [5.41, 5.74) is 1.29. The van der Waals surface area contributed by atoms with Crippen LogP contribution < -0.4 is 0 Å². The molecule has 0 heterocycles. The van der Waals surface area contributed by atoms with Crippen LogP contribution in [-0.2, 0) is 6.42 Å². The first-order valence-corrected chi connectivity index (χ1v) is 4.09. The van der Waals surface area contributed by atoms with E-state index in [-0.39, 0.29) is 11.6 Å². The van der Waals surface area contributed by atoms with Crippen LogP contribution in [0.2, 0.25) is 0 Å². The lowest BCUT2D eigenvalue weighted by Crippen LogP contribution is -2.06. The largest absolute Gasteiger partial charge is 0.292 e. The predicted molar refractivity (Wildman–Crippen MR) is 44.1 cm³/mol. The topological polar surface area (TPSA) is 17.1 Å². The summed E-state index contributed by atoms with van der Waals surface area (Å²) in [7, 11) is 0. The summed E-state index contributed by atoms with van der Waals surface area (Å²) in [6, 6.07) is 4.21. The molecular weight excluding hydrogens is 179 g/mol. The molecule has 0 aromatic heterocycles. The summed E-state index contributed by atoms with van der Waals surface area (Å²) >= 11 is 5.71. The number of fused-ring (bicyclic) bond motifs is 1. The minimum absolute atomic E-state index is 0.161. The van der Waals surface area contributed by atoms with Crippen molar-refractivity contribution in [3.05, 3.63) is 35.1 Å². The maximum atomic E-state index is 12.7. The highest BCUT2D eigenvalue weighted by Crippen LogP contribution is 2.25. The zero-order valence-electron chi connectivity index (χ0n) is 6.18. The number of ketones is 1. The van der Waals surface area contributed by atoms with Crippen molar-refractivity contribution >= 4 is 17.4 Å². The second-order valence-corrected chi connectivity index (χ2v) is 3.36. The molecular formula is C9H6ClFO. The van der Waals surface area contributed by atoms with Crippen molar-refractivity contribution in [3.63, 3.8) is 0 Å². The lowest BCUT2D eigenvalue weighted by molar-refractivity contribution is 0.0997. The Balaban J connectivity index is 2.56. The Labute approximate surface area is 74.2 Å². The molecule has 12 heavy (non-hydrogen) atoms. The van der Waals surface area contributed by atoms with E-state index < -0.39 is 5.38 Å². The van der Waals surface area contributed by atoms with E-state index in [2.05, 4.69) is 0 Å². The number of hydrogen-bond acceptors (Lipinski definition) is 1. The molecule has 0 saturated carbocycles. The molecule has 2 rings (SSSR count). The fraction of sp³-hybridized carbons (Fsp3) is 0.222. The molecule has 0 saturated heterocycles. The van der Waals surface area contributed by atoms with Crippen molar-refractivity contribution in [2.45, 2.75) is 11.8 Å². The molecule has 1 aromatic carbocycles. The van der Waals surface area contributed by atoms with Crippen LogP contribution in [0.4, 0.5) is 4.39 Å². The van der Waals surface area contributed by atoms with Gasteiger partial charge in [-0.3, -0.25) is 4.79 Å². The van der Waals surface area contributed by atoms with Gasteiger partial charge < -0.3 is 0 Å². The molecule has 0 radical (unpaired) electrons.